The van der Waals surface area contributed by atoms with E-state index in [1.807, 2.05) is 12.1 Å². The quantitative estimate of drug-likeness (QED) is 0.824. The second-order valence-electron chi connectivity index (χ2n) is 5.21. The molecule has 1 fully saturated rings. The van der Waals surface area contributed by atoms with Crippen molar-refractivity contribution < 1.29 is 5.11 Å². The molecule has 1 heterocycles. The van der Waals surface area contributed by atoms with Crippen molar-refractivity contribution in [3.05, 3.63) is 29.0 Å². The predicted molar refractivity (Wildman–Crippen MR) is 83.9 cm³/mol. The molecule has 1 aliphatic rings. The Morgan fingerprint density at radius 2 is 2.10 bits per heavy atom. The molecule has 0 saturated heterocycles. The van der Waals surface area contributed by atoms with E-state index in [1.54, 1.807) is 6.33 Å². The predicted octanol–water partition coefficient (Wildman–Crippen LogP) is 3.13. The van der Waals surface area contributed by atoms with Crippen molar-refractivity contribution in [1.82, 2.24) is 9.97 Å². The number of halogens is 1. The summed E-state index contributed by atoms with van der Waals surface area (Å²) in [4.78, 5) is 11.2. The van der Waals surface area contributed by atoms with Crippen molar-refractivity contribution in [2.45, 2.75) is 31.7 Å². The third-order valence-corrected chi connectivity index (χ3v) is 4.14. The number of aliphatic hydroxyl groups is 1. The number of anilines is 1. The number of benzene rings is 1. The van der Waals surface area contributed by atoms with Gasteiger partial charge in [-0.3, -0.25) is 0 Å². The highest BCUT2D eigenvalue weighted by Crippen LogP contribution is 2.34. The Bertz CT molecular complexity index is 601. The largest absolute Gasteiger partial charge is 0.396 e. The number of hydrogen-bond donors (Lipinski definition) is 1. The summed E-state index contributed by atoms with van der Waals surface area (Å²) in [6.07, 6.45) is 5.95. The SMILES string of the molecule is OCCCCN(c1ncnc2ccc(Br)cc12)C1CC1. The molecule has 0 radical (unpaired) electrons. The van der Waals surface area contributed by atoms with E-state index in [0.717, 1.165) is 40.6 Å². The summed E-state index contributed by atoms with van der Waals surface area (Å²) in [6, 6.07) is 6.72. The van der Waals surface area contributed by atoms with Gasteiger partial charge in [0.25, 0.3) is 0 Å². The number of fused-ring (bicyclic) bond motifs is 1. The Morgan fingerprint density at radius 3 is 2.85 bits per heavy atom. The van der Waals surface area contributed by atoms with Gasteiger partial charge in [-0.2, -0.15) is 0 Å². The van der Waals surface area contributed by atoms with Crippen LogP contribution in [0.15, 0.2) is 29.0 Å². The maximum absolute atomic E-state index is 8.96. The van der Waals surface area contributed by atoms with Gasteiger partial charge in [-0.1, -0.05) is 15.9 Å². The van der Waals surface area contributed by atoms with Crippen molar-refractivity contribution in [2.24, 2.45) is 0 Å². The minimum absolute atomic E-state index is 0.259. The molecule has 0 bridgehead atoms. The van der Waals surface area contributed by atoms with Gasteiger partial charge in [0.15, 0.2) is 0 Å². The Balaban J connectivity index is 1.95. The molecule has 2 aromatic rings. The molecule has 1 aromatic carbocycles. The first-order valence-electron chi connectivity index (χ1n) is 7.07. The third-order valence-electron chi connectivity index (χ3n) is 3.64. The van der Waals surface area contributed by atoms with E-state index in [-0.39, 0.29) is 6.61 Å². The molecule has 1 saturated carbocycles. The lowest BCUT2D eigenvalue weighted by atomic mass is 10.2. The number of hydrogen-bond acceptors (Lipinski definition) is 4. The first-order valence-corrected chi connectivity index (χ1v) is 7.86. The molecule has 0 amide bonds. The van der Waals surface area contributed by atoms with Crippen LogP contribution in [0.5, 0.6) is 0 Å². The van der Waals surface area contributed by atoms with Crippen LogP contribution in [0.4, 0.5) is 5.82 Å². The molecule has 5 heteroatoms. The normalized spacial score (nSPS) is 14.7. The highest BCUT2D eigenvalue weighted by atomic mass is 79.9. The van der Waals surface area contributed by atoms with Crippen LogP contribution in [0.25, 0.3) is 10.9 Å². The average Bonchev–Trinajstić information content (AvgIpc) is 3.28. The van der Waals surface area contributed by atoms with Crippen LogP contribution < -0.4 is 4.90 Å². The molecular formula is C15H18BrN3O. The van der Waals surface area contributed by atoms with Crippen LogP contribution in [0.2, 0.25) is 0 Å². The molecule has 1 aliphatic carbocycles. The summed E-state index contributed by atoms with van der Waals surface area (Å²) >= 11 is 3.53. The van der Waals surface area contributed by atoms with Gasteiger partial charge in [-0.05, 0) is 43.9 Å². The van der Waals surface area contributed by atoms with Crippen LogP contribution >= 0.6 is 15.9 Å². The molecule has 4 nitrogen and oxygen atoms in total. The number of rotatable bonds is 6. The minimum Gasteiger partial charge on any atom is -0.396 e. The average molecular weight is 336 g/mol. The fraction of sp³-hybridized carbons (Fsp3) is 0.467. The Morgan fingerprint density at radius 1 is 1.25 bits per heavy atom. The second kappa shape index (κ2) is 6.06. The van der Waals surface area contributed by atoms with Crippen LogP contribution in [-0.4, -0.2) is 34.3 Å². The lowest BCUT2D eigenvalue weighted by Gasteiger charge is -2.24. The van der Waals surface area contributed by atoms with Gasteiger partial charge in [0.2, 0.25) is 0 Å². The van der Waals surface area contributed by atoms with E-state index in [9.17, 15) is 0 Å². The van der Waals surface area contributed by atoms with E-state index in [0.29, 0.717) is 6.04 Å². The molecule has 0 unspecified atom stereocenters. The summed E-state index contributed by atoms with van der Waals surface area (Å²) in [7, 11) is 0. The van der Waals surface area contributed by atoms with Crippen molar-refractivity contribution >= 4 is 32.7 Å². The van der Waals surface area contributed by atoms with E-state index >= 15 is 0 Å². The molecule has 0 spiro atoms. The maximum Gasteiger partial charge on any atom is 0.140 e. The summed E-state index contributed by atoms with van der Waals surface area (Å²) < 4.78 is 1.05. The van der Waals surface area contributed by atoms with Crippen LogP contribution in [0.3, 0.4) is 0 Å². The minimum atomic E-state index is 0.259. The topological polar surface area (TPSA) is 49.2 Å². The van der Waals surface area contributed by atoms with Crippen molar-refractivity contribution in [3.8, 4) is 0 Å². The number of nitrogens with zero attached hydrogens (tertiary/aromatic N) is 3. The number of unbranched alkanes of at least 4 members (excludes halogenated alkanes) is 1. The molecule has 0 atom stereocenters. The smallest absolute Gasteiger partial charge is 0.140 e. The molecule has 106 valence electrons. The van der Waals surface area contributed by atoms with E-state index < -0.39 is 0 Å². The fourth-order valence-corrected chi connectivity index (χ4v) is 2.85. The van der Waals surface area contributed by atoms with Gasteiger partial charge in [0, 0.05) is 29.1 Å². The van der Waals surface area contributed by atoms with Gasteiger partial charge < -0.3 is 10.0 Å². The molecule has 1 aromatic heterocycles. The number of aliphatic hydroxyl groups excluding tert-OH is 1. The lowest BCUT2D eigenvalue weighted by molar-refractivity contribution is 0.285. The molecule has 1 N–H and O–H groups in total. The van der Waals surface area contributed by atoms with Crippen LogP contribution in [-0.2, 0) is 0 Å². The zero-order valence-electron chi connectivity index (χ0n) is 11.3. The van der Waals surface area contributed by atoms with Gasteiger partial charge in [0.05, 0.1) is 5.52 Å². The summed E-state index contributed by atoms with van der Waals surface area (Å²) in [5.41, 5.74) is 0.978. The summed E-state index contributed by atoms with van der Waals surface area (Å²) in [5.74, 6) is 1.02. The van der Waals surface area contributed by atoms with Crippen molar-refractivity contribution in [2.75, 3.05) is 18.1 Å². The van der Waals surface area contributed by atoms with Crippen LogP contribution in [0.1, 0.15) is 25.7 Å². The Hall–Kier alpha value is -1.20. The van der Waals surface area contributed by atoms with Gasteiger partial charge in [0.1, 0.15) is 12.1 Å². The Labute approximate surface area is 127 Å². The molecular weight excluding hydrogens is 318 g/mol. The first-order chi connectivity index (χ1) is 9.79. The maximum atomic E-state index is 8.96. The van der Waals surface area contributed by atoms with Crippen molar-refractivity contribution in [1.29, 1.82) is 0 Å². The second-order valence-corrected chi connectivity index (χ2v) is 6.13. The first kappa shape index (κ1) is 13.8. The molecule has 3 rings (SSSR count). The fourth-order valence-electron chi connectivity index (χ4n) is 2.49. The zero-order chi connectivity index (χ0) is 13.9. The number of aromatic nitrogens is 2. The van der Waals surface area contributed by atoms with Gasteiger partial charge >= 0.3 is 0 Å². The van der Waals surface area contributed by atoms with Crippen molar-refractivity contribution in [3.63, 3.8) is 0 Å². The zero-order valence-corrected chi connectivity index (χ0v) is 12.9. The van der Waals surface area contributed by atoms with E-state index in [4.69, 9.17) is 5.11 Å². The monoisotopic (exact) mass is 335 g/mol. The highest BCUT2D eigenvalue weighted by Gasteiger charge is 2.30. The Kier molecular flexibility index (Phi) is 4.17. The third kappa shape index (κ3) is 2.94. The van der Waals surface area contributed by atoms with E-state index in [1.165, 1.54) is 12.8 Å². The van der Waals surface area contributed by atoms with Gasteiger partial charge in [-0.25, -0.2) is 9.97 Å². The van der Waals surface area contributed by atoms with Crippen LogP contribution in [0, 0.1) is 0 Å². The van der Waals surface area contributed by atoms with Gasteiger partial charge in [-0.15, -0.1) is 0 Å². The summed E-state index contributed by atoms with van der Waals surface area (Å²) in [5, 5.41) is 10.1. The van der Waals surface area contributed by atoms with E-state index in [2.05, 4.69) is 36.9 Å². The molecule has 20 heavy (non-hydrogen) atoms. The molecule has 0 aliphatic heterocycles. The highest BCUT2D eigenvalue weighted by molar-refractivity contribution is 9.10. The lowest BCUT2D eigenvalue weighted by Crippen LogP contribution is -2.28. The summed E-state index contributed by atoms with van der Waals surface area (Å²) in [6.45, 7) is 1.21. The standard InChI is InChI=1S/C15H18BrN3O/c16-11-3-6-14-13(9-11)15(18-10-17-14)19(12-4-5-12)7-1-2-8-20/h3,6,9-10,12,20H,1-2,4-5,7-8H2.